The van der Waals surface area contributed by atoms with E-state index in [2.05, 4.69) is 15.6 Å². The molecular weight excluding hydrogens is 482 g/mol. The van der Waals surface area contributed by atoms with Crippen molar-refractivity contribution in [2.75, 3.05) is 11.2 Å². The second-order valence-corrected chi connectivity index (χ2v) is 11.3. The average Bonchev–Trinajstić information content (AvgIpc) is 3.44. The molecule has 1 aromatic carbocycles. The summed E-state index contributed by atoms with van der Waals surface area (Å²) in [6.45, 7) is 7.59. The van der Waals surface area contributed by atoms with Gasteiger partial charge in [0.2, 0.25) is 5.91 Å². The number of hydrogen-bond donors (Lipinski definition) is 3. The van der Waals surface area contributed by atoms with Crippen LogP contribution in [0.1, 0.15) is 65.4 Å². The van der Waals surface area contributed by atoms with Gasteiger partial charge in [-0.25, -0.2) is 9.66 Å². The number of carbonyl (C=O) groups is 2. The first-order chi connectivity index (χ1) is 16.7. The van der Waals surface area contributed by atoms with Crippen LogP contribution in [0.3, 0.4) is 0 Å². The van der Waals surface area contributed by atoms with Crippen LogP contribution >= 0.6 is 23.1 Å². The monoisotopic (exact) mass is 513 g/mol. The van der Waals surface area contributed by atoms with Gasteiger partial charge in [0.05, 0.1) is 15.5 Å². The van der Waals surface area contributed by atoms with Crippen molar-refractivity contribution in [1.29, 1.82) is 0 Å². The molecule has 1 atom stereocenters. The third-order valence-electron chi connectivity index (χ3n) is 6.41. The number of benzene rings is 1. The summed E-state index contributed by atoms with van der Waals surface area (Å²) in [5.41, 5.74) is 2.91. The molecule has 0 aliphatic heterocycles. The molecule has 0 saturated heterocycles. The summed E-state index contributed by atoms with van der Waals surface area (Å²) in [6, 6.07) is 6.02. The van der Waals surface area contributed by atoms with Crippen molar-refractivity contribution in [2.45, 2.75) is 76.2 Å². The molecule has 4 rings (SSSR count). The number of amides is 2. The van der Waals surface area contributed by atoms with Crippen molar-refractivity contribution in [3.63, 3.8) is 0 Å². The first kappa shape index (κ1) is 25.2. The Kier molecular flexibility index (Phi) is 7.51. The highest BCUT2D eigenvalue weighted by molar-refractivity contribution is 8.00. The lowest BCUT2D eigenvalue weighted by atomic mass is 10.1. The molecule has 0 spiro atoms. The molecule has 0 unspecified atom stereocenters. The number of aryl methyl sites for hydroxylation is 3. The fraction of sp³-hybridized carbons (Fsp3) is 0.440. The zero-order chi connectivity index (χ0) is 25.3. The first-order valence-corrected chi connectivity index (χ1v) is 13.6. The molecule has 2 amide bonds. The Labute approximate surface area is 212 Å². The summed E-state index contributed by atoms with van der Waals surface area (Å²) in [6.07, 6.45) is 4.84. The van der Waals surface area contributed by atoms with Crippen LogP contribution in [0.25, 0.3) is 10.2 Å². The van der Waals surface area contributed by atoms with Gasteiger partial charge in [-0.05, 0) is 57.2 Å². The van der Waals surface area contributed by atoms with Crippen LogP contribution in [-0.4, -0.2) is 32.8 Å². The Morgan fingerprint density at radius 3 is 2.63 bits per heavy atom. The third kappa shape index (κ3) is 5.23. The van der Waals surface area contributed by atoms with Crippen LogP contribution in [0.5, 0.6) is 0 Å². The minimum atomic E-state index is -0.428. The quantitative estimate of drug-likeness (QED) is 0.246. The Morgan fingerprint density at radius 1 is 1.26 bits per heavy atom. The minimum absolute atomic E-state index is 0.0605. The highest BCUT2D eigenvalue weighted by Crippen LogP contribution is 2.31. The van der Waals surface area contributed by atoms with Gasteiger partial charge < -0.3 is 16.5 Å². The zero-order valence-corrected chi connectivity index (χ0v) is 22.1. The molecule has 0 bridgehead atoms. The minimum Gasteiger partial charge on any atom is -0.352 e. The number of thioether (sulfide) groups is 1. The molecule has 10 heteroatoms. The normalized spacial score (nSPS) is 14.9. The molecule has 0 radical (unpaired) electrons. The molecular formula is C25H31N5O3S2. The third-order valence-corrected chi connectivity index (χ3v) is 8.93. The molecule has 1 aliphatic rings. The topological polar surface area (TPSA) is 119 Å². The van der Waals surface area contributed by atoms with Gasteiger partial charge in [-0.3, -0.25) is 14.4 Å². The number of nitrogen functional groups attached to an aromatic ring is 1. The van der Waals surface area contributed by atoms with E-state index in [0.717, 1.165) is 58.5 Å². The van der Waals surface area contributed by atoms with Crippen molar-refractivity contribution < 1.29 is 9.59 Å². The molecule has 186 valence electrons. The fourth-order valence-electron chi connectivity index (χ4n) is 4.42. The number of fused-ring (bicyclic) bond motifs is 1. The highest BCUT2D eigenvalue weighted by atomic mass is 32.2. The van der Waals surface area contributed by atoms with E-state index in [-0.39, 0.29) is 23.0 Å². The van der Waals surface area contributed by atoms with Gasteiger partial charge in [-0.1, -0.05) is 49.2 Å². The van der Waals surface area contributed by atoms with E-state index >= 15 is 0 Å². The number of hydrogen-bond acceptors (Lipinski definition) is 7. The van der Waals surface area contributed by atoms with E-state index in [1.165, 1.54) is 11.8 Å². The van der Waals surface area contributed by atoms with Gasteiger partial charge in [0.25, 0.3) is 11.5 Å². The predicted molar refractivity (Wildman–Crippen MR) is 143 cm³/mol. The van der Waals surface area contributed by atoms with Gasteiger partial charge >= 0.3 is 0 Å². The lowest BCUT2D eigenvalue weighted by Gasteiger charge is -2.18. The summed E-state index contributed by atoms with van der Waals surface area (Å²) in [5.74, 6) is 5.77. The van der Waals surface area contributed by atoms with Crippen molar-refractivity contribution in [2.24, 2.45) is 0 Å². The number of anilines is 1. The molecule has 2 heterocycles. The molecule has 2 aromatic heterocycles. The summed E-state index contributed by atoms with van der Waals surface area (Å²) in [7, 11) is 0. The van der Waals surface area contributed by atoms with Crippen LogP contribution in [0.4, 0.5) is 5.69 Å². The summed E-state index contributed by atoms with van der Waals surface area (Å²) in [4.78, 5) is 44.5. The van der Waals surface area contributed by atoms with Crippen molar-refractivity contribution in [3.8, 4) is 0 Å². The zero-order valence-electron chi connectivity index (χ0n) is 20.4. The summed E-state index contributed by atoms with van der Waals surface area (Å²) >= 11 is 2.35. The summed E-state index contributed by atoms with van der Waals surface area (Å²) < 4.78 is 0.990. The van der Waals surface area contributed by atoms with Crippen LogP contribution in [0.15, 0.2) is 28.2 Å². The lowest BCUT2D eigenvalue weighted by Crippen LogP contribution is -2.39. The number of rotatable bonds is 7. The van der Waals surface area contributed by atoms with Crippen LogP contribution in [0, 0.1) is 20.8 Å². The second kappa shape index (κ2) is 10.4. The number of thiophene rings is 1. The smallest absolute Gasteiger partial charge is 0.281 e. The number of aromatic nitrogens is 2. The van der Waals surface area contributed by atoms with E-state index in [4.69, 9.17) is 5.84 Å². The van der Waals surface area contributed by atoms with Gasteiger partial charge in [-0.15, -0.1) is 11.3 Å². The lowest BCUT2D eigenvalue weighted by molar-refractivity contribution is -0.121. The van der Waals surface area contributed by atoms with E-state index in [1.807, 2.05) is 39.0 Å². The maximum Gasteiger partial charge on any atom is 0.281 e. The van der Waals surface area contributed by atoms with Gasteiger partial charge in [0.15, 0.2) is 5.16 Å². The van der Waals surface area contributed by atoms with Gasteiger partial charge in [-0.2, -0.15) is 0 Å². The molecule has 8 nitrogen and oxygen atoms in total. The molecule has 1 saturated carbocycles. The van der Waals surface area contributed by atoms with Crippen LogP contribution in [0.2, 0.25) is 0 Å². The number of carbonyl (C=O) groups excluding carboxylic acids is 2. The predicted octanol–water partition coefficient (Wildman–Crippen LogP) is 4.28. The Balaban J connectivity index is 1.61. The molecule has 35 heavy (non-hydrogen) atoms. The van der Waals surface area contributed by atoms with E-state index in [1.54, 1.807) is 6.92 Å². The standard InChI is InChI=1S/C25H31N5O3S2/c1-5-18(21(31)27-16-8-6-7-9-16)34-25-29-23-19(24(33)30(25)26)15(4)20(35-23)22(32)28-17-11-10-13(2)12-14(17)3/h10-12,16,18H,5-9,26H2,1-4H3,(H,27,31)(H,28,32)/t18-/m0/s1. The van der Waals surface area contributed by atoms with Crippen molar-refractivity contribution >= 4 is 50.8 Å². The van der Waals surface area contributed by atoms with Gasteiger partial charge in [0.1, 0.15) is 4.83 Å². The fourth-order valence-corrected chi connectivity index (χ4v) is 6.48. The van der Waals surface area contributed by atoms with Crippen molar-refractivity contribution in [3.05, 3.63) is 50.1 Å². The number of nitrogens with zero attached hydrogens (tertiary/aromatic N) is 2. The largest absolute Gasteiger partial charge is 0.352 e. The first-order valence-electron chi connectivity index (χ1n) is 11.9. The molecule has 4 N–H and O–H groups in total. The Bertz CT molecular complexity index is 1340. The van der Waals surface area contributed by atoms with E-state index < -0.39 is 10.8 Å². The molecule has 3 aromatic rings. The van der Waals surface area contributed by atoms with E-state index in [9.17, 15) is 14.4 Å². The average molecular weight is 514 g/mol. The Hall–Kier alpha value is -2.85. The van der Waals surface area contributed by atoms with Gasteiger partial charge in [0, 0.05) is 11.7 Å². The second-order valence-electron chi connectivity index (χ2n) is 9.08. The van der Waals surface area contributed by atoms with Crippen molar-refractivity contribution in [1.82, 2.24) is 15.0 Å². The van der Waals surface area contributed by atoms with E-state index in [0.29, 0.717) is 27.1 Å². The number of nitrogens with one attached hydrogen (secondary N) is 2. The highest BCUT2D eigenvalue weighted by Gasteiger charge is 2.27. The maximum atomic E-state index is 13.1. The van der Waals surface area contributed by atoms with Crippen LogP contribution in [-0.2, 0) is 4.79 Å². The van der Waals surface area contributed by atoms with Crippen LogP contribution < -0.4 is 22.0 Å². The number of nitrogens with two attached hydrogens (primary N) is 1. The Morgan fingerprint density at radius 2 is 1.97 bits per heavy atom. The maximum absolute atomic E-state index is 13.1. The SMILES string of the molecule is CC[C@H](Sc1nc2sc(C(=O)Nc3ccc(C)cc3C)c(C)c2c(=O)n1N)C(=O)NC1CCCC1. The summed E-state index contributed by atoms with van der Waals surface area (Å²) in [5, 5.41) is 6.23. The molecule has 1 fully saturated rings. The molecule has 1 aliphatic carbocycles.